The van der Waals surface area contributed by atoms with Crippen molar-refractivity contribution >= 4 is 11.3 Å². The highest BCUT2D eigenvalue weighted by atomic mass is 32.1. The molecule has 0 aliphatic rings. The van der Waals surface area contributed by atoms with E-state index in [0.717, 1.165) is 10.7 Å². The molecule has 0 atom stereocenters. The van der Waals surface area contributed by atoms with E-state index < -0.39 is 0 Å². The van der Waals surface area contributed by atoms with Gasteiger partial charge in [0.1, 0.15) is 0 Å². The van der Waals surface area contributed by atoms with Gasteiger partial charge in [-0.3, -0.25) is 0 Å². The van der Waals surface area contributed by atoms with Crippen LogP contribution in [0.15, 0.2) is 5.11 Å². The number of azide groups is 1. The SMILES string of the molecule is Cc1nc(C#CCN=[N+]=[N-])sc1C. The highest BCUT2D eigenvalue weighted by Gasteiger charge is 1.98. The van der Waals surface area contributed by atoms with Gasteiger partial charge in [-0.05, 0) is 25.3 Å². The minimum absolute atomic E-state index is 0.203. The quantitative estimate of drug-likeness (QED) is 0.292. The summed E-state index contributed by atoms with van der Waals surface area (Å²) in [5, 5.41) is 4.08. The zero-order valence-corrected chi connectivity index (χ0v) is 8.22. The number of nitrogens with zero attached hydrogens (tertiary/aromatic N) is 4. The van der Waals surface area contributed by atoms with Crippen molar-refractivity contribution in [2.24, 2.45) is 5.11 Å². The average Bonchev–Trinajstić information content (AvgIpc) is 2.41. The maximum Gasteiger partial charge on any atom is 0.167 e. The minimum atomic E-state index is 0.203. The fourth-order valence-electron chi connectivity index (χ4n) is 0.708. The Balaban J connectivity index is 2.72. The van der Waals surface area contributed by atoms with Crippen molar-refractivity contribution in [2.75, 3.05) is 6.54 Å². The first-order chi connectivity index (χ1) is 6.24. The summed E-state index contributed by atoms with van der Waals surface area (Å²) in [5.74, 6) is 5.55. The molecule has 0 bridgehead atoms. The van der Waals surface area contributed by atoms with Crippen molar-refractivity contribution in [1.82, 2.24) is 4.98 Å². The molecule has 1 heterocycles. The van der Waals surface area contributed by atoms with Crippen molar-refractivity contribution in [1.29, 1.82) is 0 Å². The molecule has 4 nitrogen and oxygen atoms in total. The molecule has 1 aromatic heterocycles. The maximum absolute atomic E-state index is 7.99. The molecule has 0 aromatic carbocycles. The molecule has 0 radical (unpaired) electrons. The van der Waals surface area contributed by atoms with Crippen LogP contribution in [-0.4, -0.2) is 11.5 Å². The van der Waals surface area contributed by atoms with Crippen LogP contribution in [0, 0.1) is 25.7 Å². The number of hydrogen-bond donors (Lipinski definition) is 0. The molecule has 0 spiro atoms. The molecule has 0 fully saturated rings. The number of rotatable bonds is 1. The summed E-state index contributed by atoms with van der Waals surface area (Å²) in [6.45, 7) is 4.16. The first-order valence-corrected chi connectivity index (χ1v) is 4.49. The highest BCUT2D eigenvalue weighted by Crippen LogP contribution is 2.14. The van der Waals surface area contributed by atoms with Gasteiger partial charge in [-0.1, -0.05) is 11.0 Å². The normalized spacial score (nSPS) is 8.46. The van der Waals surface area contributed by atoms with Crippen molar-refractivity contribution in [3.63, 3.8) is 0 Å². The van der Waals surface area contributed by atoms with Gasteiger partial charge >= 0.3 is 0 Å². The van der Waals surface area contributed by atoms with E-state index in [2.05, 4.69) is 26.9 Å². The van der Waals surface area contributed by atoms with Crippen molar-refractivity contribution in [2.45, 2.75) is 13.8 Å². The molecule has 1 rings (SSSR count). The summed E-state index contributed by atoms with van der Waals surface area (Å²) in [6, 6.07) is 0. The van der Waals surface area contributed by atoms with E-state index >= 15 is 0 Å². The summed E-state index contributed by atoms with van der Waals surface area (Å²) >= 11 is 1.55. The monoisotopic (exact) mass is 192 g/mol. The summed E-state index contributed by atoms with van der Waals surface area (Å²) in [7, 11) is 0. The van der Waals surface area contributed by atoms with Crippen LogP contribution in [0.4, 0.5) is 0 Å². The average molecular weight is 192 g/mol. The van der Waals surface area contributed by atoms with Crippen LogP contribution in [0.2, 0.25) is 0 Å². The smallest absolute Gasteiger partial charge is 0.167 e. The predicted molar refractivity (Wildman–Crippen MR) is 52.5 cm³/mol. The molecular weight excluding hydrogens is 184 g/mol. The van der Waals surface area contributed by atoms with Gasteiger partial charge in [0.2, 0.25) is 0 Å². The van der Waals surface area contributed by atoms with Gasteiger partial charge in [-0.25, -0.2) is 4.98 Å². The van der Waals surface area contributed by atoms with Gasteiger partial charge < -0.3 is 0 Å². The van der Waals surface area contributed by atoms with Gasteiger partial charge in [0.15, 0.2) is 5.01 Å². The fourth-order valence-corrected chi connectivity index (χ4v) is 1.50. The van der Waals surface area contributed by atoms with Crippen LogP contribution < -0.4 is 0 Å². The Morgan fingerprint density at radius 3 is 2.92 bits per heavy atom. The Morgan fingerprint density at radius 2 is 2.38 bits per heavy atom. The van der Waals surface area contributed by atoms with E-state index in [1.807, 2.05) is 13.8 Å². The summed E-state index contributed by atoms with van der Waals surface area (Å²) in [5.41, 5.74) is 9.00. The molecule has 0 aliphatic carbocycles. The maximum atomic E-state index is 7.99. The highest BCUT2D eigenvalue weighted by molar-refractivity contribution is 7.12. The topological polar surface area (TPSA) is 61.7 Å². The Bertz CT molecular complexity index is 384. The van der Waals surface area contributed by atoms with E-state index in [-0.39, 0.29) is 6.54 Å². The fraction of sp³-hybridized carbons (Fsp3) is 0.375. The van der Waals surface area contributed by atoms with E-state index in [9.17, 15) is 0 Å². The lowest BCUT2D eigenvalue weighted by Gasteiger charge is -1.77. The third kappa shape index (κ3) is 2.79. The van der Waals surface area contributed by atoms with Crippen LogP contribution in [0.3, 0.4) is 0 Å². The molecule has 1 aromatic rings. The number of hydrogen-bond acceptors (Lipinski definition) is 3. The van der Waals surface area contributed by atoms with Crippen molar-refractivity contribution < 1.29 is 0 Å². The predicted octanol–water partition coefficient (Wildman–Crippen LogP) is 2.42. The molecule has 0 aliphatic heterocycles. The van der Waals surface area contributed by atoms with E-state index in [4.69, 9.17) is 5.53 Å². The summed E-state index contributed by atoms with van der Waals surface area (Å²) in [6.07, 6.45) is 0. The molecule has 5 heteroatoms. The van der Waals surface area contributed by atoms with Crippen LogP contribution in [0.25, 0.3) is 10.4 Å². The van der Waals surface area contributed by atoms with Crippen molar-refractivity contribution in [3.8, 4) is 11.8 Å². The number of aryl methyl sites for hydroxylation is 2. The van der Waals surface area contributed by atoms with Crippen LogP contribution in [0.5, 0.6) is 0 Å². The van der Waals surface area contributed by atoms with Gasteiger partial charge in [-0.15, -0.1) is 11.3 Å². The zero-order valence-electron chi connectivity index (χ0n) is 7.40. The molecule has 0 unspecified atom stereocenters. The molecular formula is C8H8N4S. The lowest BCUT2D eigenvalue weighted by atomic mass is 10.4. The first-order valence-electron chi connectivity index (χ1n) is 3.68. The lowest BCUT2D eigenvalue weighted by molar-refractivity contribution is 1.21. The number of aromatic nitrogens is 1. The second-order valence-electron chi connectivity index (χ2n) is 2.35. The van der Waals surface area contributed by atoms with E-state index in [1.54, 1.807) is 11.3 Å². The van der Waals surface area contributed by atoms with Gasteiger partial charge in [0.05, 0.1) is 12.2 Å². The largest absolute Gasteiger partial charge is 0.233 e. The summed E-state index contributed by atoms with van der Waals surface area (Å²) < 4.78 is 0. The molecule has 0 saturated heterocycles. The third-order valence-electron chi connectivity index (χ3n) is 1.44. The zero-order chi connectivity index (χ0) is 9.68. The number of thiazole rings is 1. The Labute approximate surface area is 80.2 Å². The van der Waals surface area contributed by atoms with E-state index in [1.165, 1.54) is 4.88 Å². The van der Waals surface area contributed by atoms with Crippen molar-refractivity contribution in [3.05, 3.63) is 26.0 Å². The second kappa shape index (κ2) is 4.51. The Morgan fingerprint density at radius 1 is 1.62 bits per heavy atom. The second-order valence-corrected chi connectivity index (χ2v) is 3.55. The van der Waals surface area contributed by atoms with Gasteiger partial charge in [0, 0.05) is 9.79 Å². The third-order valence-corrected chi connectivity index (χ3v) is 2.43. The van der Waals surface area contributed by atoms with Crippen LogP contribution in [-0.2, 0) is 0 Å². The van der Waals surface area contributed by atoms with Gasteiger partial charge in [0.25, 0.3) is 0 Å². The molecule has 0 amide bonds. The lowest BCUT2D eigenvalue weighted by Crippen LogP contribution is -1.75. The van der Waals surface area contributed by atoms with E-state index in [0.29, 0.717) is 0 Å². The van der Waals surface area contributed by atoms with Gasteiger partial charge in [-0.2, -0.15) is 0 Å². The summed E-state index contributed by atoms with van der Waals surface area (Å²) in [4.78, 5) is 7.99. The minimum Gasteiger partial charge on any atom is -0.233 e. The molecule has 0 saturated carbocycles. The molecule has 66 valence electrons. The Hall–Kier alpha value is -1.50. The van der Waals surface area contributed by atoms with Crippen LogP contribution >= 0.6 is 11.3 Å². The standard InChI is InChI=1S/C8H8N4S/c1-6-7(2)13-8(11-6)4-3-5-10-12-9/h5H2,1-2H3. The van der Waals surface area contributed by atoms with Crippen LogP contribution in [0.1, 0.15) is 15.6 Å². The Kier molecular flexibility index (Phi) is 3.32. The first kappa shape index (κ1) is 9.59. The molecule has 13 heavy (non-hydrogen) atoms. The molecule has 0 N–H and O–H groups in total.